The van der Waals surface area contributed by atoms with Crippen molar-refractivity contribution in [2.75, 3.05) is 25.0 Å². The minimum absolute atomic E-state index is 0.135. The summed E-state index contributed by atoms with van der Waals surface area (Å²) in [5, 5.41) is 12.4. The number of pyridine rings is 1. The Morgan fingerprint density at radius 2 is 2.30 bits per heavy atom. The smallest absolute Gasteiger partial charge is 0.243 e. The predicted molar refractivity (Wildman–Crippen MR) is 77.0 cm³/mol. The maximum atomic E-state index is 12.7. The van der Waals surface area contributed by atoms with Crippen LogP contribution in [0.1, 0.15) is 26.2 Å². The number of rotatable bonds is 5. The van der Waals surface area contributed by atoms with Gasteiger partial charge >= 0.3 is 0 Å². The van der Waals surface area contributed by atoms with Gasteiger partial charge in [-0.05, 0) is 25.8 Å². The Morgan fingerprint density at radius 1 is 1.50 bits per heavy atom. The van der Waals surface area contributed by atoms with Crippen molar-refractivity contribution in [2.45, 2.75) is 37.1 Å². The van der Waals surface area contributed by atoms with Crippen molar-refractivity contribution >= 4 is 15.8 Å². The lowest BCUT2D eigenvalue weighted by molar-refractivity contribution is 0.155. The van der Waals surface area contributed by atoms with Gasteiger partial charge in [-0.15, -0.1) is 0 Å². The predicted octanol–water partition coefficient (Wildman–Crippen LogP) is 1.05. The number of hydrogen-bond acceptors (Lipinski definition) is 5. The number of hydrogen-bond donors (Lipinski definition) is 2. The van der Waals surface area contributed by atoms with Crippen LogP contribution in [0.4, 0.5) is 5.82 Å². The van der Waals surface area contributed by atoms with E-state index in [-0.39, 0.29) is 17.5 Å². The van der Waals surface area contributed by atoms with Gasteiger partial charge in [0.15, 0.2) is 0 Å². The molecule has 0 bridgehead atoms. The minimum atomic E-state index is -3.57. The summed E-state index contributed by atoms with van der Waals surface area (Å²) in [6, 6.07) is 2.73. The zero-order valence-corrected chi connectivity index (χ0v) is 12.4. The van der Waals surface area contributed by atoms with Crippen LogP contribution < -0.4 is 5.32 Å². The fraction of sp³-hybridized carbons (Fsp3) is 0.615. The van der Waals surface area contributed by atoms with Crippen molar-refractivity contribution in [1.82, 2.24) is 9.29 Å². The quantitative estimate of drug-likeness (QED) is 0.849. The van der Waals surface area contributed by atoms with E-state index in [4.69, 9.17) is 0 Å². The molecule has 0 radical (unpaired) electrons. The first kappa shape index (κ1) is 15.2. The van der Waals surface area contributed by atoms with Crippen molar-refractivity contribution in [3.05, 3.63) is 18.3 Å². The molecule has 1 aliphatic rings. The standard InChI is InChI=1S/C13H21N3O3S/c1-2-14-13-9-12(6-7-15-13)20(18,19)16-8-4-3-5-11(16)10-17/h6-7,9,11,17H,2-5,8,10H2,1H3,(H,14,15). The molecule has 0 saturated carbocycles. The first-order valence-corrected chi connectivity index (χ1v) is 8.36. The van der Waals surface area contributed by atoms with Gasteiger partial charge in [0.25, 0.3) is 0 Å². The van der Waals surface area contributed by atoms with Crippen molar-refractivity contribution in [2.24, 2.45) is 0 Å². The summed E-state index contributed by atoms with van der Waals surface area (Å²) in [7, 11) is -3.57. The molecule has 112 valence electrons. The number of sulfonamides is 1. The van der Waals surface area contributed by atoms with Crippen LogP contribution in [0.2, 0.25) is 0 Å². The summed E-state index contributed by atoms with van der Waals surface area (Å²) < 4.78 is 26.8. The molecule has 1 fully saturated rings. The molecule has 2 heterocycles. The number of anilines is 1. The van der Waals surface area contributed by atoms with E-state index in [0.29, 0.717) is 25.3 Å². The highest BCUT2D eigenvalue weighted by Gasteiger charge is 2.33. The van der Waals surface area contributed by atoms with Gasteiger partial charge in [-0.3, -0.25) is 0 Å². The van der Waals surface area contributed by atoms with Crippen molar-refractivity contribution < 1.29 is 13.5 Å². The van der Waals surface area contributed by atoms with Crippen LogP contribution in [0.3, 0.4) is 0 Å². The molecule has 1 aromatic rings. The molecule has 6 nitrogen and oxygen atoms in total. The summed E-state index contributed by atoms with van der Waals surface area (Å²) in [6.07, 6.45) is 3.99. The molecular formula is C13H21N3O3S. The third-order valence-electron chi connectivity index (χ3n) is 3.48. The second-order valence-electron chi connectivity index (χ2n) is 4.86. The van der Waals surface area contributed by atoms with Crippen LogP contribution in [0.15, 0.2) is 23.2 Å². The average Bonchev–Trinajstić information content (AvgIpc) is 2.48. The van der Waals surface area contributed by atoms with E-state index in [9.17, 15) is 13.5 Å². The molecule has 0 spiro atoms. The number of piperidine rings is 1. The first-order valence-electron chi connectivity index (χ1n) is 6.92. The Hall–Kier alpha value is -1.18. The molecule has 20 heavy (non-hydrogen) atoms. The van der Waals surface area contributed by atoms with E-state index in [1.165, 1.54) is 16.6 Å². The number of aliphatic hydroxyl groups excluding tert-OH is 1. The lowest BCUT2D eigenvalue weighted by atomic mass is 10.1. The van der Waals surface area contributed by atoms with Gasteiger partial charge in [0.2, 0.25) is 10.0 Å². The van der Waals surface area contributed by atoms with Gasteiger partial charge in [0, 0.05) is 31.4 Å². The molecule has 2 rings (SSSR count). The van der Waals surface area contributed by atoms with E-state index in [1.54, 1.807) is 6.07 Å². The van der Waals surface area contributed by atoms with Gasteiger partial charge in [0.05, 0.1) is 11.5 Å². The van der Waals surface area contributed by atoms with Gasteiger partial charge in [-0.25, -0.2) is 13.4 Å². The molecule has 1 unspecified atom stereocenters. The largest absolute Gasteiger partial charge is 0.395 e. The summed E-state index contributed by atoms with van der Waals surface area (Å²) in [4.78, 5) is 4.31. The highest BCUT2D eigenvalue weighted by molar-refractivity contribution is 7.89. The third-order valence-corrected chi connectivity index (χ3v) is 5.43. The Bertz CT molecular complexity index is 548. The van der Waals surface area contributed by atoms with Crippen LogP contribution in [0.5, 0.6) is 0 Å². The van der Waals surface area contributed by atoms with E-state index in [1.807, 2.05) is 6.92 Å². The lowest BCUT2D eigenvalue weighted by Gasteiger charge is -2.33. The zero-order chi connectivity index (χ0) is 14.6. The molecule has 0 amide bonds. The maximum absolute atomic E-state index is 12.7. The SMILES string of the molecule is CCNc1cc(S(=O)(=O)N2CCCCC2CO)ccn1. The van der Waals surface area contributed by atoms with Crippen LogP contribution in [-0.4, -0.2) is 48.6 Å². The molecule has 1 aliphatic heterocycles. The normalized spacial score (nSPS) is 20.8. The minimum Gasteiger partial charge on any atom is -0.395 e. The fourth-order valence-corrected chi connectivity index (χ4v) is 4.16. The van der Waals surface area contributed by atoms with E-state index < -0.39 is 10.0 Å². The Balaban J connectivity index is 2.31. The number of aromatic nitrogens is 1. The second kappa shape index (κ2) is 6.51. The maximum Gasteiger partial charge on any atom is 0.243 e. The van der Waals surface area contributed by atoms with Crippen molar-refractivity contribution in [3.63, 3.8) is 0 Å². The fourth-order valence-electron chi connectivity index (χ4n) is 2.46. The molecule has 0 aliphatic carbocycles. The highest BCUT2D eigenvalue weighted by Crippen LogP contribution is 2.25. The molecule has 7 heteroatoms. The van der Waals surface area contributed by atoms with Gasteiger partial charge < -0.3 is 10.4 Å². The Morgan fingerprint density at radius 3 is 3.00 bits per heavy atom. The monoisotopic (exact) mass is 299 g/mol. The van der Waals surface area contributed by atoms with Gasteiger partial charge in [-0.1, -0.05) is 6.42 Å². The Labute approximate surface area is 119 Å². The van der Waals surface area contributed by atoms with E-state index >= 15 is 0 Å². The number of nitrogens with zero attached hydrogens (tertiary/aromatic N) is 2. The first-order chi connectivity index (χ1) is 9.59. The molecular weight excluding hydrogens is 278 g/mol. The molecule has 1 saturated heterocycles. The van der Waals surface area contributed by atoms with Crippen LogP contribution in [0.25, 0.3) is 0 Å². The third kappa shape index (κ3) is 3.11. The molecule has 0 aromatic carbocycles. The average molecular weight is 299 g/mol. The van der Waals surface area contributed by atoms with E-state index in [2.05, 4.69) is 10.3 Å². The number of aliphatic hydroxyl groups is 1. The van der Waals surface area contributed by atoms with Crippen LogP contribution >= 0.6 is 0 Å². The van der Waals surface area contributed by atoms with Crippen molar-refractivity contribution in [3.8, 4) is 0 Å². The molecule has 1 aromatic heterocycles. The van der Waals surface area contributed by atoms with Crippen molar-refractivity contribution in [1.29, 1.82) is 0 Å². The van der Waals surface area contributed by atoms with Gasteiger partial charge in [-0.2, -0.15) is 4.31 Å². The summed E-state index contributed by atoms with van der Waals surface area (Å²) in [5.41, 5.74) is 0. The van der Waals surface area contributed by atoms with Gasteiger partial charge in [0.1, 0.15) is 5.82 Å². The lowest BCUT2D eigenvalue weighted by Crippen LogP contribution is -2.45. The second-order valence-corrected chi connectivity index (χ2v) is 6.75. The highest BCUT2D eigenvalue weighted by atomic mass is 32.2. The number of nitrogens with one attached hydrogen (secondary N) is 1. The topological polar surface area (TPSA) is 82.5 Å². The Kier molecular flexibility index (Phi) is 4.95. The molecule has 2 N–H and O–H groups in total. The zero-order valence-electron chi connectivity index (χ0n) is 11.6. The van der Waals surface area contributed by atoms with Crippen LogP contribution in [0, 0.1) is 0 Å². The van der Waals surface area contributed by atoms with Crippen LogP contribution in [-0.2, 0) is 10.0 Å². The summed E-state index contributed by atoms with van der Waals surface area (Å²) in [6.45, 7) is 2.94. The summed E-state index contributed by atoms with van der Waals surface area (Å²) in [5.74, 6) is 0.547. The van der Waals surface area contributed by atoms with E-state index in [0.717, 1.165) is 12.8 Å². The molecule has 1 atom stereocenters. The summed E-state index contributed by atoms with van der Waals surface area (Å²) >= 11 is 0.